The highest BCUT2D eigenvalue weighted by atomic mass is 35.5. The first-order chi connectivity index (χ1) is 15.0. The Bertz CT molecular complexity index is 943. The lowest BCUT2D eigenvalue weighted by Gasteiger charge is -2.32. The smallest absolute Gasteiger partial charge is 0.229 e. The Morgan fingerprint density at radius 2 is 1.81 bits per heavy atom. The summed E-state index contributed by atoms with van der Waals surface area (Å²) in [5, 5.41) is 3.47. The first-order valence-corrected chi connectivity index (χ1v) is 11.2. The van der Waals surface area contributed by atoms with Crippen molar-refractivity contribution in [3.05, 3.63) is 47.5 Å². The number of hydrogen-bond donors (Lipinski definition) is 1. The van der Waals surface area contributed by atoms with Crippen molar-refractivity contribution in [2.75, 3.05) is 25.0 Å². The molecule has 2 aromatic rings. The summed E-state index contributed by atoms with van der Waals surface area (Å²) in [7, 11) is 0. The number of nitrogens with one attached hydrogen (secondary N) is 1. The molecule has 1 unspecified atom stereocenters. The molecule has 0 radical (unpaired) electrons. The standard InChI is InChI=1S/C24H27ClN2O4/c1-2-30-19-8-10-20(11-9-19)31-22-12-7-18(25)14-21(22)26-23(28)17-4-3-13-27(15-17)24(29)16-5-6-16/h7-12,14,16-17H,2-6,13,15H2,1H3,(H,26,28). The van der Waals surface area contributed by atoms with E-state index < -0.39 is 0 Å². The number of carbonyl (C=O) groups excluding carboxylic acids is 2. The Labute approximate surface area is 187 Å². The number of benzene rings is 2. The number of rotatable bonds is 7. The van der Waals surface area contributed by atoms with E-state index >= 15 is 0 Å². The Balaban J connectivity index is 1.44. The van der Waals surface area contributed by atoms with Gasteiger partial charge >= 0.3 is 0 Å². The number of nitrogens with zero attached hydrogens (tertiary/aromatic N) is 1. The molecule has 1 saturated heterocycles. The van der Waals surface area contributed by atoms with Crippen molar-refractivity contribution < 1.29 is 19.1 Å². The van der Waals surface area contributed by atoms with E-state index in [9.17, 15) is 9.59 Å². The summed E-state index contributed by atoms with van der Waals surface area (Å²) >= 11 is 6.17. The van der Waals surface area contributed by atoms with Crippen LogP contribution in [0.3, 0.4) is 0 Å². The molecule has 1 saturated carbocycles. The van der Waals surface area contributed by atoms with Gasteiger partial charge in [-0.1, -0.05) is 11.6 Å². The van der Waals surface area contributed by atoms with E-state index in [-0.39, 0.29) is 23.7 Å². The van der Waals surface area contributed by atoms with Crippen molar-refractivity contribution in [1.82, 2.24) is 4.90 Å². The first kappa shape index (κ1) is 21.5. The van der Waals surface area contributed by atoms with Gasteiger partial charge in [0.2, 0.25) is 11.8 Å². The molecule has 164 valence electrons. The van der Waals surface area contributed by atoms with Crippen molar-refractivity contribution in [2.24, 2.45) is 11.8 Å². The maximum Gasteiger partial charge on any atom is 0.229 e. The number of ether oxygens (including phenoxy) is 2. The van der Waals surface area contributed by atoms with Gasteiger partial charge in [-0.05, 0) is 75.1 Å². The highest BCUT2D eigenvalue weighted by Gasteiger charge is 2.36. The second-order valence-corrected chi connectivity index (χ2v) is 8.47. The van der Waals surface area contributed by atoms with Crippen LogP contribution in [-0.2, 0) is 9.59 Å². The van der Waals surface area contributed by atoms with Gasteiger partial charge in [-0.25, -0.2) is 0 Å². The number of hydrogen-bond acceptors (Lipinski definition) is 4. The lowest BCUT2D eigenvalue weighted by molar-refractivity contribution is -0.135. The molecule has 7 heteroatoms. The molecule has 31 heavy (non-hydrogen) atoms. The van der Waals surface area contributed by atoms with E-state index in [1.165, 1.54) is 0 Å². The zero-order chi connectivity index (χ0) is 21.8. The SMILES string of the molecule is CCOc1ccc(Oc2ccc(Cl)cc2NC(=O)C2CCCN(C(=O)C3CC3)C2)cc1. The van der Waals surface area contributed by atoms with E-state index in [0.29, 0.717) is 35.4 Å². The molecule has 1 heterocycles. The Morgan fingerprint density at radius 3 is 2.52 bits per heavy atom. The zero-order valence-electron chi connectivity index (χ0n) is 17.6. The van der Waals surface area contributed by atoms with Gasteiger partial charge in [0.05, 0.1) is 18.2 Å². The molecule has 1 aliphatic heterocycles. The van der Waals surface area contributed by atoms with Gasteiger partial charge in [0.25, 0.3) is 0 Å². The largest absolute Gasteiger partial charge is 0.494 e. The molecule has 1 N–H and O–H groups in total. The van der Waals surface area contributed by atoms with Gasteiger partial charge in [0.15, 0.2) is 5.75 Å². The van der Waals surface area contributed by atoms with Crippen LogP contribution >= 0.6 is 11.6 Å². The molecular formula is C24H27ClN2O4. The fourth-order valence-electron chi connectivity index (χ4n) is 3.80. The van der Waals surface area contributed by atoms with Gasteiger partial charge in [-0.2, -0.15) is 0 Å². The first-order valence-electron chi connectivity index (χ1n) is 10.8. The summed E-state index contributed by atoms with van der Waals surface area (Å²) in [6.45, 7) is 3.73. The van der Waals surface area contributed by atoms with Crippen LogP contribution in [0.5, 0.6) is 17.2 Å². The van der Waals surface area contributed by atoms with E-state index in [1.807, 2.05) is 36.1 Å². The minimum Gasteiger partial charge on any atom is -0.494 e. The predicted molar refractivity (Wildman–Crippen MR) is 120 cm³/mol. The van der Waals surface area contributed by atoms with Crippen LogP contribution in [0.2, 0.25) is 5.02 Å². The fraction of sp³-hybridized carbons (Fsp3) is 0.417. The molecule has 1 atom stereocenters. The molecule has 4 rings (SSSR count). The minimum absolute atomic E-state index is 0.118. The van der Waals surface area contributed by atoms with Crippen molar-refractivity contribution >= 4 is 29.1 Å². The Morgan fingerprint density at radius 1 is 1.06 bits per heavy atom. The van der Waals surface area contributed by atoms with Crippen LogP contribution in [0.1, 0.15) is 32.6 Å². The highest BCUT2D eigenvalue weighted by Crippen LogP contribution is 2.35. The lowest BCUT2D eigenvalue weighted by Crippen LogP contribution is -2.44. The molecule has 2 fully saturated rings. The maximum atomic E-state index is 13.0. The molecular weight excluding hydrogens is 416 g/mol. The van der Waals surface area contributed by atoms with Crippen molar-refractivity contribution in [1.29, 1.82) is 0 Å². The summed E-state index contributed by atoms with van der Waals surface area (Å²) in [5.41, 5.74) is 0.511. The third kappa shape index (κ3) is 5.50. The Kier molecular flexibility index (Phi) is 6.66. The summed E-state index contributed by atoms with van der Waals surface area (Å²) in [5.74, 6) is 1.90. The van der Waals surface area contributed by atoms with Crippen LogP contribution in [0.15, 0.2) is 42.5 Å². The quantitative estimate of drug-likeness (QED) is 0.646. The molecule has 2 aromatic carbocycles. The van der Waals surface area contributed by atoms with Crippen molar-refractivity contribution in [2.45, 2.75) is 32.6 Å². The normalized spacial score (nSPS) is 18.4. The van der Waals surface area contributed by atoms with Crippen molar-refractivity contribution in [3.63, 3.8) is 0 Å². The highest BCUT2D eigenvalue weighted by molar-refractivity contribution is 6.31. The molecule has 2 aliphatic rings. The zero-order valence-corrected chi connectivity index (χ0v) is 18.4. The second-order valence-electron chi connectivity index (χ2n) is 8.03. The lowest BCUT2D eigenvalue weighted by atomic mass is 9.96. The summed E-state index contributed by atoms with van der Waals surface area (Å²) < 4.78 is 11.4. The molecule has 6 nitrogen and oxygen atoms in total. The monoisotopic (exact) mass is 442 g/mol. The van der Waals surface area contributed by atoms with Gasteiger partial charge in [-0.15, -0.1) is 0 Å². The van der Waals surface area contributed by atoms with Gasteiger partial charge in [-0.3, -0.25) is 9.59 Å². The maximum absolute atomic E-state index is 13.0. The average molecular weight is 443 g/mol. The van der Waals surface area contributed by atoms with E-state index in [1.54, 1.807) is 18.2 Å². The number of piperidine rings is 1. The molecule has 0 aromatic heterocycles. The van der Waals surface area contributed by atoms with Crippen molar-refractivity contribution in [3.8, 4) is 17.2 Å². The van der Waals surface area contributed by atoms with Crippen LogP contribution in [0.25, 0.3) is 0 Å². The molecule has 1 aliphatic carbocycles. The molecule has 2 amide bonds. The topological polar surface area (TPSA) is 67.9 Å². The number of anilines is 1. The second kappa shape index (κ2) is 9.60. The third-order valence-corrected chi connectivity index (χ3v) is 5.83. The number of carbonyl (C=O) groups is 2. The van der Waals surface area contributed by atoms with E-state index in [2.05, 4.69) is 5.32 Å². The fourth-order valence-corrected chi connectivity index (χ4v) is 3.97. The van der Waals surface area contributed by atoms with Gasteiger partial charge < -0.3 is 19.7 Å². The molecule has 0 bridgehead atoms. The number of amides is 2. The average Bonchev–Trinajstić information content (AvgIpc) is 3.62. The van der Waals surface area contributed by atoms with Gasteiger partial charge in [0.1, 0.15) is 11.5 Å². The van der Waals surface area contributed by atoms with E-state index in [4.69, 9.17) is 21.1 Å². The summed E-state index contributed by atoms with van der Waals surface area (Å²) in [4.78, 5) is 27.2. The summed E-state index contributed by atoms with van der Waals surface area (Å²) in [6.07, 6.45) is 3.54. The molecule has 0 spiro atoms. The predicted octanol–water partition coefficient (Wildman–Crippen LogP) is 5.12. The number of likely N-dealkylation sites (tertiary alicyclic amines) is 1. The van der Waals surface area contributed by atoms with E-state index in [0.717, 1.165) is 38.0 Å². The summed E-state index contributed by atoms with van der Waals surface area (Å²) in [6, 6.07) is 12.4. The Hall–Kier alpha value is -2.73. The number of halogens is 1. The minimum atomic E-state index is -0.242. The van der Waals surface area contributed by atoms with Crippen LogP contribution in [0.4, 0.5) is 5.69 Å². The third-order valence-electron chi connectivity index (χ3n) is 5.59. The van der Waals surface area contributed by atoms with Crippen LogP contribution in [0, 0.1) is 11.8 Å². The van der Waals surface area contributed by atoms with Crippen LogP contribution < -0.4 is 14.8 Å². The van der Waals surface area contributed by atoms with Crippen LogP contribution in [-0.4, -0.2) is 36.4 Å². The van der Waals surface area contributed by atoms with Gasteiger partial charge in [0, 0.05) is 24.0 Å².